The molecule has 0 aromatic carbocycles. The minimum Gasteiger partial charge on any atom is -0.412 e. The van der Waals surface area contributed by atoms with E-state index in [0.717, 1.165) is 0 Å². The van der Waals surface area contributed by atoms with Gasteiger partial charge in [0.05, 0.1) is 0 Å². The Morgan fingerprint density at radius 2 is 1.44 bits per heavy atom. The first-order valence-electron chi connectivity index (χ1n) is 3.18. The van der Waals surface area contributed by atoms with Crippen molar-refractivity contribution in [1.29, 1.82) is 0 Å². The first kappa shape index (κ1) is 16.5. The predicted molar refractivity (Wildman–Crippen MR) is 54.3 cm³/mol. The van der Waals surface area contributed by atoms with Crippen molar-refractivity contribution in [3.63, 3.8) is 0 Å². The second-order valence-corrected chi connectivity index (χ2v) is 3.08. The van der Waals surface area contributed by atoms with Crippen molar-refractivity contribution >= 4 is 21.9 Å². The van der Waals surface area contributed by atoms with Crippen molar-refractivity contribution < 1.29 is 23.0 Å². The SMILES string of the molecule is Nc1[nH]c(=O)[nH]c(=O)c1N.O.O=S(=O)(O)O. The Balaban J connectivity index is 0. The molecule has 0 spiro atoms. The van der Waals surface area contributed by atoms with E-state index in [9.17, 15) is 9.59 Å². The molecule has 16 heavy (non-hydrogen) atoms. The summed E-state index contributed by atoms with van der Waals surface area (Å²) in [5, 5.41) is 0. The zero-order chi connectivity index (χ0) is 12.2. The molecule has 0 saturated carbocycles. The van der Waals surface area contributed by atoms with Gasteiger partial charge in [0, 0.05) is 0 Å². The maximum atomic E-state index is 10.6. The Labute approximate surface area is 88.0 Å². The first-order valence-corrected chi connectivity index (χ1v) is 4.58. The van der Waals surface area contributed by atoms with E-state index < -0.39 is 21.6 Å². The maximum Gasteiger partial charge on any atom is 0.394 e. The van der Waals surface area contributed by atoms with Gasteiger partial charge in [-0.25, -0.2) is 4.79 Å². The summed E-state index contributed by atoms with van der Waals surface area (Å²) in [4.78, 5) is 25.0. The van der Waals surface area contributed by atoms with Gasteiger partial charge >= 0.3 is 16.1 Å². The van der Waals surface area contributed by atoms with Crippen LogP contribution in [-0.4, -0.2) is 33.0 Å². The highest BCUT2D eigenvalue weighted by Crippen LogP contribution is 1.96. The van der Waals surface area contributed by atoms with Gasteiger partial charge in [-0.2, -0.15) is 8.42 Å². The predicted octanol–water partition coefficient (Wildman–Crippen LogP) is -3.25. The van der Waals surface area contributed by atoms with Crippen molar-refractivity contribution in [1.82, 2.24) is 9.97 Å². The monoisotopic (exact) mass is 258 g/mol. The van der Waals surface area contributed by atoms with Gasteiger partial charge in [-0.1, -0.05) is 0 Å². The topological polar surface area (TPSA) is 224 Å². The molecule has 11 nitrogen and oxygen atoms in total. The van der Waals surface area contributed by atoms with Crippen LogP contribution in [0.5, 0.6) is 0 Å². The third-order valence-corrected chi connectivity index (χ3v) is 1.01. The van der Waals surface area contributed by atoms with E-state index in [2.05, 4.69) is 4.98 Å². The van der Waals surface area contributed by atoms with Gasteiger partial charge in [0.25, 0.3) is 5.56 Å². The Kier molecular flexibility index (Phi) is 6.06. The van der Waals surface area contributed by atoms with Crippen molar-refractivity contribution in [2.75, 3.05) is 11.5 Å². The van der Waals surface area contributed by atoms with Gasteiger partial charge in [-0.05, 0) is 0 Å². The Morgan fingerprint density at radius 1 is 1.06 bits per heavy atom. The minimum absolute atomic E-state index is 0. The zero-order valence-corrected chi connectivity index (χ0v) is 8.41. The number of hydrogen-bond acceptors (Lipinski definition) is 6. The molecule has 10 N–H and O–H groups in total. The molecule has 94 valence electrons. The highest BCUT2D eigenvalue weighted by atomic mass is 32.3. The summed E-state index contributed by atoms with van der Waals surface area (Å²) in [6, 6.07) is 0. The fourth-order valence-corrected chi connectivity index (χ4v) is 0.514. The Bertz CT molecular complexity index is 534. The molecule has 0 aliphatic carbocycles. The minimum atomic E-state index is -4.67. The van der Waals surface area contributed by atoms with Gasteiger partial charge in [-0.3, -0.25) is 23.9 Å². The zero-order valence-electron chi connectivity index (χ0n) is 7.59. The highest BCUT2D eigenvalue weighted by molar-refractivity contribution is 7.79. The first-order chi connectivity index (χ1) is 6.61. The Morgan fingerprint density at radius 3 is 1.75 bits per heavy atom. The van der Waals surface area contributed by atoms with Crippen LogP contribution in [0.25, 0.3) is 0 Å². The normalized spacial score (nSPS) is 9.62. The van der Waals surface area contributed by atoms with Gasteiger partial charge in [0.2, 0.25) is 0 Å². The summed E-state index contributed by atoms with van der Waals surface area (Å²) in [5.74, 6) is -0.103. The van der Waals surface area contributed by atoms with Crippen LogP contribution in [0.3, 0.4) is 0 Å². The van der Waals surface area contributed by atoms with E-state index in [4.69, 9.17) is 29.0 Å². The number of aromatic amines is 2. The lowest BCUT2D eigenvalue weighted by Crippen LogP contribution is -2.26. The molecule has 0 aliphatic rings. The Hall–Kier alpha value is -1.89. The van der Waals surface area contributed by atoms with Gasteiger partial charge in [0.15, 0.2) is 0 Å². The van der Waals surface area contributed by atoms with Crippen LogP contribution in [0.15, 0.2) is 9.59 Å². The quantitative estimate of drug-likeness (QED) is 0.258. The van der Waals surface area contributed by atoms with Gasteiger partial charge in [-0.15, -0.1) is 0 Å². The number of nitrogens with one attached hydrogen (secondary N) is 2. The van der Waals surface area contributed by atoms with Crippen LogP contribution in [0.4, 0.5) is 11.5 Å². The van der Waals surface area contributed by atoms with Crippen LogP contribution < -0.4 is 22.7 Å². The molecule has 0 radical (unpaired) electrons. The molecule has 1 rings (SSSR count). The molecule has 0 atom stereocenters. The largest absolute Gasteiger partial charge is 0.412 e. The van der Waals surface area contributed by atoms with Crippen molar-refractivity contribution in [3.8, 4) is 0 Å². The number of hydrogen-bond donors (Lipinski definition) is 6. The van der Waals surface area contributed by atoms with Crippen molar-refractivity contribution in [2.24, 2.45) is 0 Å². The number of anilines is 2. The second-order valence-electron chi connectivity index (χ2n) is 2.18. The molecule has 12 heteroatoms. The lowest BCUT2D eigenvalue weighted by Gasteiger charge is -1.93. The molecule has 1 aromatic rings. The van der Waals surface area contributed by atoms with E-state index >= 15 is 0 Å². The second kappa shape index (κ2) is 5.86. The number of nitrogens with two attached hydrogens (primary N) is 2. The standard InChI is InChI=1S/C4H6N4O2.H2O4S.H2O/c5-1-2(6)7-4(10)8-3(1)9;1-5(2,3)4;/h5H2,(H4,6,7,8,9,10);(H2,1,2,3,4);1H2. The lowest BCUT2D eigenvalue weighted by atomic mass is 10.5. The molecule has 0 aliphatic heterocycles. The van der Waals surface area contributed by atoms with E-state index in [1.807, 2.05) is 4.98 Å². The molecule has 0 fully saturated rings. The van der Waals surface area contributed by atoms with E-state index in [1.165, 1.54) is 0 Å². The van der Waals surface area contributed by atoms with Crippen LogP contribution in [-0.2, 0) is 10.4 Å². The summed E-state index contributed by atoms with van der Waals surface area (Å²) in [5.41, 5.74) is 8.74. The maximum absolute atomic E-state index is 10.6. The van der Waals surface area contributed by atoms with Gasteiger partial charge < -0.3 is 16.9 Å². The summed E-state index contributed by atoms with van der Waals surface area (Å²) in [7, 11) is -4.67. The van der Waals surface area contributed by atoms with Crippen LogP contribution in [0.1, 0.15) is 0 Å². The summed E-state index contributed by atoms with van der Waals surface area (Å²) in [6.45, 7) is 0. The number of rotatable bonds is 0. The smallest absolute Gasteiger partial charge is 0.394 e. The number of H-pyrrole nitrogens is 2. The molecule has 1 heterocycles. The summed E-state index contributed by atoms with van der Waals surface area (Å²) in [6.07, 6.45) is 0. The average Bonchev–Trinajstić information content (AvgIpc) is 1.96. The highest BCUT2D eigenvalue weighted by Gasteiger charge is 1.98. The number of aromatic nitrogens is 2. The van der Waals surface area contributed by atoms with Crippen LogP contribution >= 0.6 is 0 Å². The van der Waals surface area contributed by atoms with Crippen molar-refractivity contribution in [2.45, 2.75) is 0 Å². The fraction of sp³-hybridized carbons (Fsp3) is 0. The van der Waals surface area contributed by atoms with E-state index in [0.29, 0.717) is 0 Å². The molecule has 0 unspecified atom stereocenters. The summed E-state index contributed by atoms with van der Waals surface area (Å²) < 4.78 is 31.6. The third-order valence-electron chi connectivity index (χ3n) is 1.01. The van der Waals surface area contributed by atoms with Crippen molar-refractivity contribution in [3.05, 3.63) is 20.8 Å². The molecular formula is C4H10N4O7S. The van der Waals surface area contributed by atoms with E-state index in [1.54, 1.807) is 0 Å². The molecule has 0 bridgehead atoms. The molecule has 0 saturated heterocycles. The molecule has 1 aromatic heterocycles. The fourth-order valence-electron chi connectivity index (χ4n) is 0.514. The average molecular weight is 258 g/mol. The van der Waals surface area contributed by atoms with Gasteiger partial charge in [0.1, 0.15) is 11.5 Å². The lowest BCUT2D eigenvalue weighted by molar-refractivity contribution is 0.381. The summed E-state index contributed by atoms with van der Waals surface area (Å²) >= 11 is 0. The van der Waals surface area contributed by atoms with Crippen LogP contribution in [0.2, 0.25) is 0 Å². The third kappa shape index (κ3) is 7.51. The number of nitrogen functional groups attached to an aromatic ring is 2. The van der Waals surface area contributed by atoms with E-state index in [-0.39, 0.29) is 17.0 Å². The van der Waals surface area contributed by atoms with Crippen LogP contribution in [0, 0.1) is 0 Å². The molecular weight excluding hydrogens is 248 g/mol. The molecule has 0 amide bonds.